The monoisotopic (exact) mass is 256 g/mol. The summed E-state index contributed by atoms with van der Waals surface area (Å²) in [5.41, 5.74) is 0. The molecule has 0 radical (unpaired) electrons. The zero-order chi connectivity index (χ0) is 12.1. The Bertz CT molecular complexity index is 355. The second-order valence-electron chi connectivity index (χ2n) is 4.02. The van der Waals surface area contributed by atoms with Crippen LogP contribution in [0.4, 0.5) is 5.82 Å². The van der Waals surface area contributed by atoms with Crippen molar-refractivity contribution in [2.45, 2.75) is 0 Å². The van der Waals surface area contributed by atoms with E-state index in [4.69, 9.17) is 16.3 Å². The van der Waals surface area contributed by atoms with Gasteiger partial charge in [0.1, 0.15) is 11.3 Å². The summed E-state index contributed by atoms with van der Waals surface area (Å²) in [5.74, 6) is 0.841. The van der Waals surface area contributed by atoms with E-state index in [0.29, 0.717) is 5.02 Å². The molecule has 0 bridgehead atoms. The Morgan fingerprint density at radius 1 is 1.35 bits per heavy atom. The van der Waals surface area contributed by atoms with Gasteiger partial charge in [0.05, 0.1) is 12.8 Å². The van der Waals surface area contributed by atoms with Gasteiger partial charge in [0.15, 0.2) is 5.82 Å². The fourth-order valence-electron chi connectivity index (χ4n) is 1.94. The maximum absolute atomic E-state index is 6.08. The van der Waals surface area contributed by atoms with Gasteiger partial charge in [0, 0.05) is 39.8 Å². The minimum Gasteiger partial charge on any atom is -0.383 e. The molecule has 2 heterocycles. The molecule has 0 unspecified atom stereocenters. The largest absolute Gasteiger partial charge is 0.383 e. The predicted octanol–water partition coefficient (Wildman–Crippen LogP) is 0.898. The van der Waals surface area contributed by atoms with Crippen LogP contribution in [0.2, 0.25) is 5.02 Å². The van der Waals surface area contributed by atoms with E-state index < -0.39 is 0 Å². The quantitative estimate of drug-likeness (QED) is 0.801. The number of hydrogen-bond donors (Lipinski definition) is 0. The summed E-state index contributed by atoms with van der Waals surface area (Å²) in [6, 6.07) is 0. The molecule has 6 heteroatoms. The fourth-order valence-corrected chi connectivity index (χ4v) is 2.17. The van der Waals surface area contributed by atoms with E-state index >= 15 is 0 Å². The molecule has 17 heavy (non-hydrogen) atoms. The van der Waals surface area contributed by atoms with Crippen molar-refractivity contribution >= 4 is 17.4 Å². The third-order valence-corrected chi connectivity index (χ3v) is 3.20. The molecule has 1 aliphatic rings. The first-order chi connectivity index (χ1) is 8.31. The van der Waals surface area contributed by atoms with E-state index in [1.807, 2.05) is 0 Å². The van der Waals surface area contributed by atoms with Gasteiger partial charge in [-0.2, -0.15) is 0 Å². The highest BCUT2D eigenvalue weighted by Gasteiger charge is 2.19. The van der Waals surface area contributed by atoms with Crippen molar-refractivity contribution in [3.8, 4) is 0 Å². The van der Waals surface area contributed by atoms with E-state index in [1.54, 1.807) is 19.6 Å². The summed E-state index contributed by atoms with van der Waals surface area (Å²) in [6.07, 6.45) is 3.18. The zero-order valence-electron chi connectivity index (χ0n) is 9.97. The van der Waals surface area contributed by atoms with Gasteiger partial charge in [-0.3, -0.25) is 4.90 Å². The van der Waals surface area contributed by atoms with Crippen molar-refractivity contribution < 1.29 is 4.74 Å². The Hall–Kier alpha value is -0.910. The Kier molecular flexibility index (Phi) is 4.53. The summed E-state index contributed by atoms with van der Waals surface area (Å²) in [5, 5.41) is 0.623. The molecule has 1 aliphatic heterocycles. The Morgan fingerprint density at radius 2 is 2.12 bits per heavy atom. The third kappa shape index (κ3) is 3.28. The minimum absolute atomic E-state index is 0.623. The minimum atomic E-state index is 0.623. The van der Waals surface area contributed by atoms with Crippen molar-refractivity contribution in [3.63, 3.8) is 0 Å². The number of aromatic nitrogens is 2. The molecule has 0 spiro atoms. The molecule has 5 nitrogen and oxygen atoms in total. The smallest absolute Gasteiger partial charge is 0.150 e. The van der Waals surface area contributed by atoms with Crippen LogP contribution >= 0.6 is 11.6 Å². The van der Waals surface area contributed by atoms with Crippen molar-refractivity contribution in [1.82, 2.24) is 14.9 Å². The first-order valence-corrected chi connectivity index (χ1v) is 6.11. The Balaban J connectivity index is 1.89. The van der Waals surface area contributed by atoms with E-state index in [2.05, 4.69) is 19.8 Å². The number of rotatable bonds is 4. The van der Waals surface area contributed by atoms with Crippen LogP contribution in [0.1, 0.15) is 0 Å². The lowest BCUT2D eigenvalue weighted by Gasteiger charge is -2.35. The van der Waals surface area contributed by atoms with Gasteiger partial charge in [-0.25, -0.2) is 9.97 Å². The summed E-state index contributed by atoms with van der Waals surface area (Å²) >= 11 is 6.08. The van der Waals surface area contributed by atoms with E-state index in [9.17, 15) is 0 Å². The zero-order valence-corrected chi connectivity index (χ0v) is 10.7. The standard InChI is InChI=1S/C11H17ClN4O/c1-17-7-6-15-2-4-16(5-3-15)11-10(12)8-13-9-14-11/h8-9H,2-7H2,1H3. The molecule has 0 atom stereocenters. The number of piperazine rings is 1. The molecule has 0 aromatic carbocycles. The molecular formula is C11H17ClN4O. The average Bonchev–Trinajstić information content (AvgIpc) is 2.38. The first kappa shape index (κ1) is 12.5. The highest BCUT2D eigenvalue weighted by atomic mass is 35.5. The molecule has 94 valence electrons. The molecule has 0 saturated carbocycles. The maximum atomic E-state index is 6.08. The van der Waals surface area contributed by atoms with Crippen LogP contribution < -0.4 is 4.90 Å². The maximum Gasteiger partial charge on any atom is 0.150 e. The van der Waals surface area contributed by atoms with Crippen molar-refractivity contribution in [1.29, 1.82) is 0 Å². The molecule has 1 aromatic heterocycles. The number of methoxy groups -OCH3 is 1. The number of anilines is 1. The van der Waals surface area contributed by atoms with Crippen LogP contribution in [0.25, 0.3) is 0 Å². The molecule has 1 aromatic rings. The van der Waals surface area contributed by atoms with E-state index in [1.165, 1.54) is 0 Å². The van der Waals surface area contributed by atoms with Gasteiger partial charge in [-0.05, 0) is 0 Å². The average molecular weight is 257 g/mol. The van der Waals surface area contributed by atoms with Crippen LogP contribution in [0.3, 0.4) is 0 Å². The first-order valence-electron chi connectivity index (χ1n) is 5.73. The molecule has 1 saturated heterocycles. The molecule has 1 fully saturated rings. The molecule has 2 rings (SSSR count). The van der Waals surface area contributed by atoms with Crippen LogP contribution in [0.5, 0.6) is 0 Å². The van der Waals surface area contributed by atoms with Gasteiger partial charge in [0.2, 0.25) is 0 Å². The van der Waals surface area contributed by atoms with Crippen molar-refractivity contribution in [3.05, 3.63) is 17.5 Å². The van der Waals surface area contributed by atoms with Gasteiger partial charge in [-0.15, -0.1) is 0 Å². The van der Waals surface area contributed by atoms with Gasteiger partial charge in [-0.1, -0.05) is 11.6 Å². The highest BCUT2D eigenvalue weighted by molar-refractivity contribution is 6.32. The third-order valence-electron chi connectivity index (χ3n) is 2.93. The van der Waals surface area contributed by atoms with E-state index in [0.717, 1.165) is 45.1 Å². The van der Waals surface area contributed by atoms with Crippen LogP contribution in [0, 0.1) is 0 Å². The van der Waals surface area contributed by atoms with Gasteiger partial charge < -0.3 is 9.64 Å². The lowest BCUT2D eigenvalue weighted by atomic mass is 10.3. The number of nitrogens with zero attached hydrogens (tertiary/aromatic N) is 4. The molecule has 0 amide bonds. The molecule has 0 N–H and O–H groups in total. The predicted molar refractivity (Wildman–Crippen MR) is 67.6 cm³/mol. The Labute approximate surface area is 106 Å². The number of hydrogen-bond acceptors (Lipinski definition) is 5. The summed E-state index contributed by atoms with van der Waals surface area (Å²) in [6.45, 7) is 5.70. The SMILES string of the molecule is COCCN1CCN(c2ncncc2Cl)CC1. The summed E-state index contributed by atoms with van der Waals surface area (Å²) in [7, 11) is 1.73. The number of ether oxygens (including phenoxy) is 1. The second kappa shape index (κ2) is 6.14. The molecule has 0 aliphatic carbocycles. The topological polar surface area (TPSA) is 41.5 Å². The summed E-state index contributed by atoms with van der Waals surface area (Å²) in [4.78, 5) is 12.7. The normalized spacial score (nSPS) is 17.4. The lowest BCUT2D eigenvalue weighted by molar-refractivity contribution is 0.144. The van der Waals surface area contributed by atoms with Crippen molar-refractivity contribution in [2.75, 3.05) is 51.3 Å². The van der Waals surface area contributed by atoms with E-state index in [-0.39, 0.29) is 0 Å². The summed E-state index contributed by atoms with van der Waals surface area (Å²) < 4.78 is 5.08. The van der Waals surface area contributed by atoms with Crippen LogP contribution in [-0.2, 0) is 4.74 Å². The number of halogens is 1. The lowest BCUT2D eigenvalue weighted by Crippen LogP contribution is -2.47. The van der Waals surface area contributed by atoms with Gasteiger partial charge in [0.25, 0.3) is 0 Å². The van der Waals surface area contributed by atoms with Crippen LogP contribution in [-0.4, -0.2) is 61.3 Å². The fraction of sp³-hybridized carbons (Fsp3) is 0.636. The van der Waals surface area contributed by atoms with Crippen molar-refractivity contribution in [2.24, 2.45) is 0 Å². The molecular weight excluding hydrogens is 240 g/mol. The Morgan fingerprint density at radius 3 is 2.76 bits per heavy atom. The second-order valence-corrected chi connectivity index (χ2v) is 4.42. The van der Waals surface area contributed by atoms with Crippen LogP contribution in [0.15, 0.2) is 12.5 Å². The highest BCUT2D eigenvalue weighted by Crippen LogP contribution is 2.22. The van der Waals surface area contributed by atoms with Gasteiger partial charge >= 0.3 is 0 Å².